The van der Waals surface area contributed by atoms with Crippen LogP contribution in [0.1, 0.15) is 65.5 Å². The summed E-state index contributed by atoms with van der Waals surface area (Å²) < 4.78 is 37.8. The third kappa shape index (κ3) is 6.27. The van der Waals surface area contributed by atoms with Gasteiger partial charge in [0.2, 0.25) is 11.8 Å². The number of carbonyl (C=O) groups is 3. The average Bonchev–Trinajstić information content (AvgIpc) is 3.38. The lowest BCUT2D eigenvalue weighted by atomic mass is 9.65. The number of aryl methyl sites for hydroxylation is 1. The number of rotatable bonds is 4. The molecule has 4 amide bonds. The number of alkyl halides is 1. The molecule has 1 spiro atoms. The van der Waals surface area contributed by atoms with Crippen LogP contribution in [0.15, 0.2) is 41.5 Å². The number of hydrogen-bond donors (Lipinski definition) is 0. The molecule has 0 saturated carbocycles. The van der Waals surface area contributed by atoms with Crippen molar-refractivity contribution in [2.75, 3.05) is 24.0 Å². The Morgan fingerprint density at radius 2 is 1.68 bits per heavy atom. The van der Waals surface area contributed by atoms with Crippen molar-refractivity contribution in [1.29, 1.82) is 0 Å². The van der Waals surface area contributed by atoms with Gasteiger partial charge in [-0.2, -0.15) is 0 Å². The van der Waals surface area contributed by atoms with Crippen LogP contribution in [0, 0.1) is 24.0 Å². The fourth-order valence-corrected chi connectivity index (χ4v) is 7.63. The first kappa shape index (κ1) is 36.4. The molecule has 4 atom stereocenters. The topological polar surface area (TPSA) is 95.9 Å². The predicted molar refractivity (Wildman–Crippen MR) is 180 cm³/mol. The summed E-state index contributed by atoms with van der Waals surface area (Å²) in [5.74, 6) is -3.71. The Kier molecular flexibility index (Phi) is 11.4. The van der Waals surface area contributed by atoms with Crippen molar-refractivity contribution in [3.05, 3.63) is 63.7 Å². The van der Waals surface area contributed by atoms with Crippen LogP contribution in [-0.2, 0) is 20.7 Å². The number of barbiturate groups is 1. The van der Waals surface area contributed by atoms with E-state index in [1.54, 1.807) is 25.7 Å². The third-order valence-electron chi connectivity index (χ3n) is 8.51. The number of allylic oxidation sites excluding steroid dienone is 4. The van der Waals surface area contributed by atoms with Crippen LogP contribution in [0.4, 0.5) is 19.3 Å². The second kappa shape index (κ2) is 14.7. The van der Waals surface area contributed by atoms with Gasteiger partial charge in [0.05, 0.1) is 36.0 Å². The lowest BCUT2D eigenvalue weighted by Crippen LogP contribution is -2.76. The average molecular weight is 690 g/mol. The van der Waals surface area contributed by atoms with Gasteiger partial charge in [0.25, 0.3) is 0 Å². The van der Waals surface area contributed by atoms with Gasteiger partial charge in [-0.3, -0.25) is 14.5 Å². The van der Waals surface area contributed by atoms with E-state index >= 15 is 8.78 Å². The molecule has 4 heterocycles. The molecule has 2 fully saturated rings. The zero-order valence-corrected chi connectivity index (χ0v) is 29.6. The number of imide groups is 2. The van der Waals surface area contributed by atoms with Crippen molar-refractivity contribution in [3.8, 4) is 10.6 Å². The van der Waals surface area contributed by atoms with E-state index < -0.39 is 59.1 Å². The monoisotopic (exact) mass is 689 g/mol. The molecule has 2 saturated heterocycles. The normalized spacial score (nSPS) is 25.2. The lowest BCUT2D eigenvalue weighted by molar-refractivity contribution is -0.167. The Balaban J connectivity index is 0.00000120. The Morgan fingerprint density at radius 1 is 1.00 bits per heavy atom. The third-order valence-corrected chi connectivity index (χ3v) is 9.63. The smallest absolute Gasteiger partial charge is 0.334 e. The summed E-state index contributed by atoms with van der Waals surface area (Å²) in [5.41, 5.74) is -0.0495. The molecule has 2 aromatic rings. The molecule has 13 heteroatoms. The SMILES string of the molecule is CC.CC.CC1=CCC=C(CN2C(=O)N(CCl)C(=O)C3(Cc4cc(-c5nnc(C)s5)c(F)c(F)c4N4C[C@H](C)OC(C)[C@H]43)C2=O)C=C1. The van der Waals surface area contributed by atoms with Gasteiger partial charge in [-0.05, 0) is 51.3 Å². The van der Waals surface area contributed by atoms with Crippen LogP contribution in [0.25, 0.3) is 10.6 Å². The Morgan fingerprint density at radius 3 is 2.32 bits per heavy atom. The second-order valence-corrected chi connectivity index (χ2v) is 12.8. The first-order valence-corrected chi connectivity index (χ1v) is 17.3. The molecular weight excluding hydrogens is 648 g/mol. The number of anilines is 1. The minimum absolute atomic E-state index is 0.0301. The summed E-state index contributed by atoms with van der Waals surface area (Å²) in [6.45, 7) is 15.1. The molecule has 254 valence electrons. The first-order valence-electron chi connectivity index (χ1n) is 16.0. The maximum atomic E-state index is 16.1. The molecule has 1 aromatic carbocycles. The number of urea groups is 1. The molecule has 0 radical (unpaired) electrons. The van der Waals surface area contributed by atoms with Crippen molar-refractivity contribution in [1.82, 2.24) is 20.0 Å². The van der Waals surface area contributed by atoms with Crippen LogP contribution in [0.2, 0.25) is 0 Å². The fourth-order valence-electron chi connectivity index (χ4n) is 6.72. The van der Waals surface area contributed by atoms with Gasteiger partial charge in [-0.1, -0.05) is 68.9 Å². The summed E-state index contributed by atoms with van der Waals surface area (Å²) in [7, 11) is 0. The quantitative estimate of drug-likeness (QED) is 0.191. The van der Waals surface area contributed by atoms with Gasteiger partial charge in [-0.25, -0.2) is 18.5 Å². The highest BCUT2D eigenvalue weighted by atomic mass is 35.5. The molecular formula is C34H42ClF2N5O4S. The number of carbonyl (C=O) groups excluding carboxylic acids is 3. The Bertz CT molecular complexity index is 1640. The van der Waals surface area contributed by atoms with E-state index in [0.717, 1.165) is 26.7 Å². The van der Waals surface area contributed by atoms with Crippen molar-refractivity contribution >= 4 is 46.5 Å². The molecule has 0 N–H and O–H groups in total. The standard InChI is InChI=1S/C30H30ClF2N5O4S.2C2H6/c1-15-6-5-7-19(9-8-15)13-37-27(39)30(28(40)38(14-31)29(37)41)11-20-10-21(26-35-34-18(4)43-26)22(32)23(33)24(20)36-12-16(2)42-17(3)25(30)36;2*1-2/h6-10,16-17,25H,5,11-14H2,1-4H3;2*1-2H3/t16-,17?,25-,30?;;/m0../s1. The predicted octanol–water partition coefficient (Wildman–Crippen LogP) is 7.19. The number of hydrogen-bond acceptors (Lipinski definition) is 8. The maximum absolute atomic E-state index is 16.1. The highest BCUT2D eigenvalue weighted by molar-refractivity contribution is 7.14. The summed E-state index contributed by atoms with van der Waals surface area (Å²) in [5, 5.41) is 8.68. The Hall–Kier alpha value is -3.48. The molecule has 9 nitrogen and oxygen atoms in total. The number of amides is 4. The summed E-state index contributed by atoms with van der Waals surface area (Å²) >= 11 is 7.30. The molecule has 3 aliphatic heterocycles. The number of morpholine rings is 1. The van der Waals surface area contributed by atoms with E-state index in [4.69, 9.17) is 16.3 Å². The second-order valence-electron chi connectivity index (χ2n) is 11.4. The van der Waals surface area contributed by atoms with Gasteiger partial charge in [0.15, 0.2) is 22.1 Å². The van der Waals surface area contributed by atoms with Crippen LogP contribution in [-0.4, -0.2) is 75.2 Å². The molecule has 1 aliphatic carbocycles. The van der Waals surface area contributed by atoms with E-state index in [1.165, 1.54) is 6.07 Å². The van der Waals surface area contributed by atoms with E-state index in [9.17, 15) is 14.4 Å². The van der Waals surface area contributed by atoms with Gasteiger partial charge < -0.3 is 9.64 Å². The van der Waals surface area contributed by atoms with Crippen molar-refractivity contribution in [3.63, 3.8) is 0 Å². The number of nitrogens with zero attached hydrogens (tertiary/aromatic N) is 5. The number of benzene rings is 1. The molecule has 1 aromatic heterocycles. The van der Waals surface area contributed by atoms with Crippen molar-refractivity contribution in [2.45, 2.75) is 86.5 Å². The lowest BCUT2D eigenvalue weighted by Gasteiger charge is -2.57. The zero-order chi connectivity index (χ0) is 34.8. The minimum Gasteiger partial charge on any atom is -0.372 e. The van der Waals surface area contributed by atoms with Gasteiger partial charge in [0, 0.05) is 13.0 Å². The summed E-state index contributed by atoms with van der Waals surface area (Å²) in [6, 6.07) is -0.918. The van der Waals surface area contributed by atoms with Crippen LogP contribution >= 0.6 is 22.9 Å². The fraction of sp³-hybridized carbons (Fsp3) is 0.500. The summed E-state index contributed by atoms with van der Waals surface area (Å²) in [4.78, 5) is 46.1. The molecule has 47 heavy (non-hydrogen) atoms. The largest absolute Gasteiger partial charge is 0.372 e. The maximum Gasteiger partial charge on any atom is 0.334 e. The highest BCUT2D eigenvalue weighted by Crippen LogP contribution is 2.51. The summed E-state index contributed by atoms with van der Waals surface area (Å²) in [6.07, 6.45) is 6.79. The van der Waals surface area contributed by atoms with Crippen molar-refractivity contribution in [2.24, 2.45) is 5.41 Å². The Labute approximate surface area is 283 Å². The number of fused-ring (bicyclic) bond motifs is 4. The van der Waals surface area contributed by atoms with E-state index in [1.807, 2.05) is 58.9 Å². The number of aromatic nitrogens is 2. The molecule has 6 rings (SSSR count). The number of ether oxygens (including phenoxy) is 1. The molecule has 4 aliphatic rings. The van der Waals surface area contributed by atoms with E-state index in [-0.39, 0.29) is 41.3 Å². The van der Waals surface area contributed by atoms with Gasteiger partial charge in [-0.15, -0.1) is 21.8 Å². The van der Waals surface area contributed by atoms with E-state index in [2.05, 4.69) is 10.2 Å². The van der Waals surface area contributed by atoms with Crippen LogP contribution in [0.3, 0.4) is 0 Å². The number of halogens is 3. The van der Waals surface area contributed by atoms with Crippen LogP contribution in [0.5, 0.6) is 0 Å². The molecule has 2 unspecified atom stereocenters. The van der Waals surface area contributed by atoms with Gasteiger partial charge >= 0.3 is 6.03 Å². The van der Waals surface area contributed by atoms with Crippen LogP contribution < -0.4 is 4.90 Å². The first-order chi connectivity index (χ1) is 22.5. The van der Waals surface area contributed by atoms with Crippen molar-refractivity contribution < 1.29 is 27.9 Å². The van der Waals surface area contributed by atoms with E-state index in [0.29, 0.717) is 17.0 Å². The van der Waals surface area contributed by atoms with Gasteiger partial charge in [0.1, 0.15) is 11.0 Å². The molecule has 0 bridgehead atoms. The highest BCUT2D eigenvalue weighted by Gasteiger charge is 2.67. The minimum atomic E-state index is -1.91. The zero-order valence-electron chi connectivity index (χ0n) is 28.1.